The molecule has 0 amide bonds. The Morgan fingerprint density at radius 1 is 0.733 bits per heavy atom. The van der Waals surface area contributed by atoms with E-state index in [1.54, 1.807) is 0 Å². The minimum Gasteiger partial charge on any atom is -0.314 e. The number of hydrogen-bond acceptors (Lipinski definition) is 3. The first kappa shape index (κ1) is 10.1. The summed E-state index contributed by atoms with van der Waals surface area (Å²) >= 11 is 0. The normalized spacial score (nSPS) is 39.2. The largest absolute Gasteiger partial charge is 0.314 e. The first-order chi connectivity index (χ1) is 7.45. The van der Waals surface area contributed by atoms with Gasteiger partial charge >= 0.3 is 0 Å². The van der Waals surface area contributed by atoms with Gasteiger partial charge in [0.1, 0.15) is 0 Å². The number of rotatable bonds is 1. The number of nitrogens with zero attached hydrogens (tertiary/aromatic N) is 2. The van der Waals surface area contributed by atoms with Gasteiger partial charge in [-0.05, 0) is 25.8 Å². The van der Waals surface area contributed by atoms with Crippen LogP contribution in [0.25, 0.3) is 0 Å². The van der Waals surface area contributed by atoms with Crippen molar-refractivity contribution in [1.29, 1.82) is 0 Å². The SMILES string of the molecule is C1CCN2CCC(N3CCNCC3)C2C1. The molecule has 3 nitrogen and oxygen atoms in total. The molecule has 3 saturated heterocycles. The van der Waals surface area contributed by atoms with E-state index in [1.165, 1.54) is 65.0 Å². The third-order valence-electron chi connectivity index (χ3n) is 4.44. The average molecular weight is 209 g/mol. The quantitative estimate of drug-likeness (QED) is 0.679. The minimum atomic E-state index is 0.882. The van der Waals surface area contributed by atoms with E-state index in [2.05, 4.69) is 15.1 Å². The lowest BCUT2D eigenvalue weighted by atomic mass is 9.97. The molecule has 0 aromatic rings. The van der Waals surface area contributed by atoms with Gasteiger partial charge in [0.25, 0.3) is 0 Å². The Kier molecular flexibility index (Phi) is 2.95. The van der Waals surface area contributed by atoms with Crippen molar-refractivity contribution in [3.8, 4) is 0 Å². The smallest absolute Gasteiger partial charge is 0.0264 e. The van der Waals surface area contributed by atoms with E-state index in [9.17, 15) is 0 Å². The van der Waals surface area contributed by atoms with Crippen LogP contribution >= 0.6 is 0 Å². The second-order valence-electron chi connectivity index (χ2n) is 5.24. The highest BCUT2D eigenvalue weighted by atomic mass is 15.3. The van der Waals surface area contributed by atoms with Gasteiger partial charge in [-0.25, -0.2) is 0 Å². The Bertz CT molecular complexity index is 213. The summed E-state index contributed by atoms with van der Waals surface area (Å²) in [4.78, 5) is 5.49. The van der Waals surface area contributed by atoms with Gasteiger partial charge in [-0.2, -0.15) is 0 Å². The lowest BCUT2D eigenvalue weighted by Gasteiger charge is -2.39. The first-order valence-corrected chi connectivity index (χ1v) is 6.64. The molecule has 0 bridgehead atoms. The van der Waals surface area contributed by atoms with Gasteiger partial charge in [-0.3, -0.25) is 9.80 Å². The standard InChI is InChI=1S/C12H23N3/c1-2-7-14-8-4-12(11(14)3-1)15-9-5-13-6-10-15/h11-13H,1-10H2. The van der Waals surface area contributed by atoms with Crippen LogP contribution in [0.1, 0.15) is 25.7 Å². The maximum absolute atomic E-state index is 3.45. The van der Waals surface area contributed by atoms with Crippen molar-refractivity contribution in [1.82, 2.24) is 15.1 Å². The summed E-state index contributed by atoms with van der Waals surface area (Å²) in [6, 6.07) is 1.78. The molecule has 2 atom stereocenters. The van der Waals surface area contributed by atoms with Crippen molar-refractivity contribution in [3.63, 3.8) is 0 Å². The van der Waals surface area contributed by atoms with Gasteiger partial charge < -0.3 is 5.32 Å². The van der Waals surface area contributed by atoms with Crippen molar-refractivity contribution in [2.75, 3.05) is 39.3 Å². The van der Waals surface area contributed by atoms with Gasteiger partial charge in [-0.15, -0.1) is 0 Å². The first-order valence-electron chi connectivity index (χ1n) is 6.64. The summed E-state index contributed by atoms with van der Waals surface area (Å²) in [6.07, 6.45) is 5.77. The van der Waals surface area contributed by atoms with Crippen LogP contribution in [0, 0.1) is 0 Å². The fraction of sp³-hybridized carbons (Fsp3) is 1.00. The van der Waals surface area contributed by atoms with E-state index in [0.29, 0.717) is 0 Å². The molecule has 0 aromatic carbocycles. The maximum Gasteiger partial charge on any atom is 0.0264 e. The number of fused-ring (bicyclic) bond motifs is 1. The second-order valence-corrected chi connectivity index (χ2v) is 5.24. The molecule has 0 saturated carbocycles. The zero-order valence-electron chi connectivity index (χ0n) is 9.62. The lowest BCUT2D eigenvalue weighted by molar-refractivity contribution is 0.104. The monoisotopic (exact) mass is 209 g/mol. The predicted molar refractivity (Wildman–Crippen MR) is 62.1 cm³/mol. The van der Waals surface area contributed by atoms with E-state index < -0.39 is 0 Å². The summed E-state index contributed by atoms with van der Waals surface area (Å²) in [6.45, 7) is 7.67. The molecule has 0 radical (unpaired) electrons. The van der Waals surface area contributed by atoms with E-state index in [0.717, 1.165) is 12.1 Å². The third-order valence-corrected chi connectivity index (χ3v) is 4.44. The van der Waals surface area contributed by atoms with Crippen LogP contribution in [0.5, 0.6) is 0 Å². The van der Waals surface area contributed by atoms with Crippen LogP contribution in [0.3, 0.4) is 0 Å². The Morgan fingerprint density at radius 3 is 2.33 bits per heavy atom. The summed E-state index contributed by atoms with van der Waals surface area (Å²) in [5.74, 6) is 0. The molecule has 3 aliphatic rings. The lowest BCUT2D eigenvalue weighted by Crippen LogP contribution is -2.53. The van der Waals surface area contributed by atoms with E-state index in [1.807, 2.05) is 0 Å². The van der Waals surface area contributed by atoms with Crippen LogP contribution in [-0.4, -0.2) is 61.2 Å². The molecule has 0 aromatic heterocycles. The van der Waals surface area contributed by atoms with Crippen LogP contribution in [0.4, 0.5) is 0 Å². The zero-order chi connectivity index (χ0) is 10.1. The van der Waals surface area contributed by atoms with Crippen molar-refractivity contribution in [2.45, 2.75) is 37.8 Å². The molecule has 1 N–H and O–H groups in total. The number of nitrogens with one attached hydrogen (secondary N) is 1. The fourth-order valence-corrected chi connectivity index (χ4v) is 3.66. The van der Waals surface area contributed by atoms with Gasteiger partial charge in [0.2, 0.25) is 0 Å². The van der Waals surface area contributed by atoms with Crippen LogP contribution in [0.2, 0.25) is 0 Å². The fourth-order valence-electron chi connectivity index (χ4n) is 3.66. The average Bonchev–Trinajstić information content (AvgIpc) is 2.74. The van der Waals surface area contributed by atoms with Gasteiger partial charge in [0.15, 0.2) is 0 Å². The summed E-state index contributed by atoms with van der Waals surface area (Å²) < 4.78 is 0. The predicted octanol–water partition coefficient (Wildman–Crippen LogP) is 0.518. The molecule has 3 heteroatoms. The zero-order valence-corrected chi connectivity index (χ0v) is 9.62. The Labute approximate surface area is 92.8 Å². The Hall–Kier alpha value is -0.120. The molecule has 0 aliphatic carbocycles. The molecule has 3 heterocycles. The molecular weight excluding hydrogens is 186 g/mol. The molecule has 3 rings (SSSR count). The van der Waals surface area contributed by atoms with Gasteiger partial charge in [0.05, 0.1) is 0 Å². The number of piperazine rings is 1. The molecule has 3 fully saturated rings. The van der Waals surface area contributed by atoms with Crippen LogP contribution < -0.4 is 5.32 Å². The van der Waals surface area contributed by atoms with E-state index >= 15 is 0 Å². The van der Waals surface area contributed by atoms with Gasteiger partial charge in [-0.1, -0.05) is 6.42 Å². The highest BCUT2D eigenvalue weighted by Crippen LogP contribution is 2.30. The van der Waals surface area contributed by atoms with Crippen LogP contribution in [0.15, 0.2) is 0 Å². The topological polar surface area (TPSA) is 18.5 Å². The Morgan fingerprint density at radius 2 is 1.47 bits per heavy atom. The highest BCUT2D eigenvalue weighted by molar-refractivity contribution is 4.96. The maximum atomic E-state index is 3.45. The second kappa shape index (κ2) is 4.40. The van der Waals surface area contributed by atoms with E-state index in [-0.39, 0.29) is 0 Å². The Balaban J connectivity index is 1.65. The minimum absolute atomic E-state index is 0.882. The van der Waals surface area contributed by atoms with Gasteiger partial charge in [0, 0.05) is 44.8 Å². The number of hydrogen-bond donors (Lipinski definition) is 1. The van der Waals surface area contributed by atoms with E-state index in [4.69, 9.17) is 0 Å². The highest BCUT2D eigenvalue weighted by Gasteiger charge is 2.38. The van der Waals surface area contributed by atoms with Crippen molar-refractivity contribution in [2.24, 2.45) is 0 Å². The summed E-state index contributed by atoms with van der Waals surface area (Å²) in [7, 11) is 0. The summed E-state index contributed by atoms with van der Waals surface area (Å²) in [5, 5.41) is 3.45. The van der Waals surface area contributed by atoms with Crippen molar-refractivity contribution < 1.29 is 0 Å². The molecule has 3 aliphatic heterocycles. The van der Waals surface area contributed by atoms with Crippen molar-refractivity contribution >= 4 is 0 Å². The van der Waals surface area contributed by atoms with Crippen LogP contribution in [-0.2, 0) is 0 Å². The summed E-state index contributed by atoms with van der Waals surface area (Å²) in [5.41, 5.74) is 0. The molecule has 2 unspecified atom stereocenters. The number of piperidine rings is 1. The third kappa shape index (κ3) is 1.93. The van der Waals surface area contributed by atoms with Crippen molar-refractivity contribution in [3.05, 3.63) is 0 Å². The molecule has 86 valence electrons. The molecule has 15 heavy (non-hydrogen) atoms. The molecular formula is C12H23N3. The molecule has 0 spiro atoms.